The molecule has 0 spiro atoms. The average Bonchev–Trinajstić information content (AvgIpc) is 2.07. The molecule has 4 heteroatoms. The maximum absolute atomic E-state index is 8.35. The van der Waals surface area contributed by atoms with Gasteiger partial charge in [-0.3, -0.25) is 0 Å². The average molecular weight is 166 g/mol. The molecular weight excluding hydrogens is 156 g/mol. The van der Waals surface area contributed by atoms with Crippen LogP contribution in [-0.4, -0.2) is 13.2 Å². The summed E-state index contributed by atoms with van der Waals surface area (Å²) in [6.07, 6.45) is 0.750. The fourth-order valence-corrected chi connectivity index (χ4v) is 0.604. The lowest BCUT2D eigenvalue weighted by Gasteiger charge is -1.97. The van der Waals surface area contributed by atoms with E-state index < -0.39 is 0 Å². The van der Waals surface area contributed by atoms with Gasteiger partial charge in [-0.15, -0.1) is 0 Å². The summed E-state index contributed by atoms with van der Waals surface area (Å²) in [5, 5.41) is 5.40. The van der Waals surface area contributed by atoms with Crippen molar-refractivity contribution in [1.29, 1.82) is 5.41 Å². The van der Waals surface area contributed by atoms with E-state index in [1.807, 2.05) is 12.1 Å². The number of carbonyl (C=O) groups excluding carboxylic acids is 1. The summed E-state index contributed by atoms with van der Waals surface area (Å²) in [5.74, 6) is 0.837. The number of rotatable bonds is 1. The lowest BCUT2D eigenvalue weighted by atomic mass is 10.3. The topological polar surface area (TPSA) is 76.2 Å². The standard InChI is InChI=1S/C7H9NO.CHNO/c1-9-7-4-2-6(8)3-5-7;2-1-3/h2-5H,8H2,1H3;2H. The van der Waals surface area contributed by atoms with Gasteiger partial charge >= 0.3 is 0 Å². The Balaban J connectivity index is 0.000000354. The fraction of sp³-hybridized carbons (Fsp3) is 0.125. The van der Waals surface area contributed by atoms with Crippen molar-refractivity contribution >= 4 is 11.8 Å². The van der Waals surface area contributed by atoms with Gasteiger partial charge in [0, 0.05) is 5.69 Å². The van der Waals surface area contributed by atoms with E-state index in [1.165, 1.54) is 0 Å². The van der Waals surface area contributed by atoms with Crippen molar-refractivity contribution in [3.05, 3.63) is 24.3 Å². The van der Waals surface area contributed by atoms with Crippen LogP contribution in [0.1, 0.15) is 0 Å². The molecule has 1 rings (SSSR count). The monoisotopic (exact) mass is 166 g/mol. The first-order valence-electron chi connectivity index (χ1n) is 3.18. The minimum atomic E-state index is 0.750. The van der Waals surface area contributed by atoms with Crippen molar-refractivity contribution in [3.8, 4) is 5.75 Å². The van der Waals surface area contributed by atoms with E-state index in [1.54, 1.807) is 19.2 Å². The van der Waals surface area contributed by atoms with Crippen molar-refractivity contribution in [2.75, 3.05) is 12.8 Å². The number of benzene rings is 1. The van der Waals surface area contributed by atoms with Crippen molar-refractivity contribution in [1.82, 2.24) is 0 Å². The van der Waals surface area contributed by atoms with Crippen LogP contribution >= 0.6 is 0 Å². The Hall–Kier alpha value is -1.80. The Morgan fingerprint density at radius 3 is 2.17 bits per heavy atom. The van der Waals surface area contributed by atoms with Crippen LogP contribution < -0.4 is 10.5 Å². The third-order valence-corrected chi connectivity index (χ3v) is 1.12. The SMILES string of the molecule is COc1ccc(N)cc1.N=C=O. The summed E-state index contributed by atoms with van der Waals surface area (Å²) in [5.41, 5.74) is 6.19. The van der Waals surface area contributed by atoms with Crippen LogP contribution in [-0.2, 0) is 4.79 Å². The van der Waals surface area contributed by atoms with Gasteiger partial charge in [-0.2, -0.15) is 0 Å². The summed E-state index contributed by atoms with van der Waals surface area (Å²) < 4.78 is 4.91. The van der Waals surface area contributed by atoms with Crippen LogP contribution in [0, 0.1) is 5.41 Å². The van der Waals surface area contributed by atoms with Crippen LogP contribution in [0.15, 0.2) is 24.3 Å². The van der Waals surface area contributed by atoms with Gasteiger partial charge in [0.1, 0.15) is 5.75 Å². The van der Waals surface area contributed by atoms with E-state index >= 15 is 0 Å². The lowest BCUT2D eigenvalue weighted by Crippen LogP contribution is -1.84. The largest absolute Gasteiger partial charge is 0.497 e. The number of methoxy groups -OCH3 is 1. The summed E-state index contributed by atoms with van der Waals surface area (Å²) in [6, 6.07) is 7.27. The molecular formula is C8H10N2O2. The molecule has 0 saturated heterocycles. The van der Waals surface area contributed by atoms with Crippen LogP contribution in [0.5, 0.6) is 5.75 Å². The number of nitrogen functional groups attached to an aromatic ring is 1. The first-order chi connectivity index (χ1) is 5.74. The van der Waals surface area contributed by atoms with Crippen LogP contribution in [0.2, 0.25) is 0 Å². The maximum Gasteiger partial charge on any atom is 0.231 e. The predicted octanol–water partition coefficient (Wildman–Crippen LogP) is 1.18. The van der Waals surface area contributed by atoms with Gasteiger partial charge in [0.2, 0.25) is 6.08 Å². The quantitative estimate of drug-likeness (QED) is 0.373. The molecule has 0 aliphatic carbocycles. The summed E-state index contributed by atoms with van der Waals surface area (Å²) >= 11 is 0. The summed E-state index contributed by atoms with van der Waals surface area (Å²) in [7, 11) is 1.63. The molecule has 12 heavy (non-hydrogen) atoms. The van der Waals surface area contributed by atoms with E-state index in [-0.39, 0.29) is 0 Å². The van der Waals surface area contributed by atoms with E-state index in [4.69, 9.17) is 20.7 Å². The predicted molar refractivity (Wildman–Crippen MR) is 45.8 cm³/mol. The highest BCUT2D eigenvalue weighted by atomic mass is 16.5. The maximum atomic E-state index is 8.35. The highest BCUT2D eigenvalue weighted by Gasteiger charge is 1.85. The van der Waals surface area contributed by atoms with Gasteiger partial charge in [0.05, 0.1) is 7.11 Å². The van der Waals surface area contributed by atoms with Gasteiger partial charge in [-0.05, 0) is 24.3 Å². The van der Waals surface area contributed by atoms with Gasteiger partial charge in [-0.25, -0.2) is 10.2 Å². The van der Waals surface area contributed by atoms with E-state index in [0.29, 0.717) is 0 Å². The van der Waals surface area contributed by atoms with Crippen LogP contribution in [0.25, 0.3) is 0 Å². The zero-order valence-corrected chi connectivity index (χ0v) is 6.70. The Morgan fingerprint density at radius 1 is 1.42 bits per heavy atom. The first-order valence-corrected chi connectivity index (χ1v) is 3.18. The number of nitrogens with one attached hydrogen (secondary N) is 1. The molecule has 0 heterocycles. The van der Waals surface area contributed by atoms with E-state index in [9.17, 15) is 0 Å². The van der Waals surface area contributed by atoms with Crippen molar-refractivity contribution in [2.45, 2.75) is 0 Å². The molecule has 4 nitrogen and oxygen atoms in total. The van der Waals surface area contributed by atoms with E-state index in [2.05, 4.69) is 0 Å². The lowest BCUT2D eigenvalue weighted by molar-refractivity contribution is 0.415. The molecule has 0 unspecified atom stereocenters. The van der Waals surface area contributed by atoms with Gasteiger partial charge in [0.15, 0.2) is 0 Å². The molecule has 0 aliphatic heterocycles. The fourth-order valence-electron chi connectivity index (χ4n) is 0.604. The first kappa shape index (κ1) is 10.2. The third-order valence-electron chi connectivity index (χ3n) is 1.12. The number of nitrogens with two attached hydrogens (primary N) is 1. The van der Waals surface area contributed by atoms with Gasteiger partial charge < -0.3 is 10.5 Å². The number of ether oxygens (including phenoxy) is 1. The molecule has 0 amide bonds. The number of hydrogen-bond acceptors (Lipinski definition) is 4. The Morgan fingerprint density at radius 2 is 1.83 bits per heavy atom. The zero-order valence-electron chi connectivity index (χ0n) is 6.70. The summed E-state index contributed by atoms with van der Waals surface area (Å²) in [4.78, 5) is 8.35. The number of anilines is 1. The smallest absolute Gasteiger partial charge is 0.231 e. The van der Waals surface area contributed by atoms with Gasteiger partial charge in [-0.1, -0.05) is 0 Å². The minimum Gasteiger partial charge on any atom is -0.497 e. The Kier molecular flexibility index (Phi) is 5.05. The number of isocyanates is 1. The highest BCUT2D eigenvalue weighted by molar-refractivity contribution is 5.41. The molecule has 3 N–H and O–H groups in total. The number of hydrogen-bond donors (Lipinski definition) is 2. The molecule has 0 saturated carbocycles. The zero-order chi connectivity index (χ0) is 9.40. The van der Waals surface area contributed by atoms with Crippen LogP contribution in [0.4, 0.5) is 5.69 Å². The third kappa shape index (κ3) is 4.09. The molecule has 1 aromatic rings. The Bertz CT molecular complexity index is 250. The molecule has 1 aromatic carbocycles. The highest BCUT2D eigenvalue weighted by Crippen LogP contribution is 2.11. The second-order valence-corrected chi connectivity index (χ2v) is 1.88. The second kappa shape index (κ2) is 5.95. The van der Waals surface area contributed by atoms with Crippen molar-refractivity contribution < 1.29 is 9.53 Å². The van der Waals surface area contributed by atoms with Crippen molar-refractivity contribution in [2.24, 2.45) is 0 Å². The van der Waals surface area contributed by atoms with Crippen molar-refractivity contribution in [3.63, 3.8) is 0 Å². The summed E-state index contributed by atoms with van der Waals surface area (Å²) in [6.45, 7) is 0. The minimum absolute atomic E-state index is 0.750. The molecule has 0 radical (unpaired) electrons. The molecule has 0 fully saturated rings. The van der Waals surface area contributed by atoms with E-state index in [0.717, 1.165) is 17.5 Å². The molecule has 0 aromatic heterocycles. The normalized spacial score (nSPS) is 7.42. The molecule has 0 bridgehead atoms. The molecule has 0 atom stereocenters. The molecule has 0 aliphatic rings. The Labute approximate surface area is 70.5 Å². The molecule has 64 valence electrons. The van der Waals surface area contributed by atoms with Gasteiger partial charge in [0.25, 0.3) is 0 Å². The van der Waals surface area contributed by atoms with Crippen LogP contribution in [0.3, 0.4) is 0 Å². The second-order valence-electron chi connectivity index (χ2n) is 1.88.